The molecule has 1 aromatic rings. The molecule has 0 amide bonds. The summed E-state index contributed by atoms with van der Waals surface area (Å²) in [5, 5.41) is 3.11. The molecule has 1 saturated heterocycles. The van der Waals surface area contributed by atoms with Crippen molar-refractivity contribution < 1.29 is 13.2 Å². The minimum atomic E-state index is -3.48. The molecule has 1 N–H and O–H groups in total. The molecule has 0 spiro atoms. The standard InChI is InChI=1S/C14H22N2O3S/c1-3-15-13-6-4-5-7-14(13)20(17,18)16(2)12-8-10-19-11-9-12/h4-7,12,15H,3,8-11H2,1-2H3. The Hall–Kier alpha value is -1.11. The Labute approximate surface area is 121 Å². The number of nitrogens with one attached hydrogen (secondary N) is 1. The molecule has 0 bridgehead atoms. The van der Waals surface area contributed by atoms with Gasteiger partial charge < -0.3 is 10.1 Å². The van der Waals surface area contributed by atoms with Gasteiger partial charge in [-0.2, -0.15) is 4.31 Å². The van der Waals surface area contributed by atoms with Crippen LogP contribution in [-0.4, -0.2) is 45.6 Å². The second-order valence-electron chi connectivity index (χ2n) is 4.89. The number of benzene rings is 1. The minimum Gasteiger partial charge on any atom is -0.384 e. The topological polar surface area (TPSA) is 58.6 Å². The van der Waals surface area contributed by atoms with Crippen molar-refractivity contribution in [3.05, 3.63) is 24.3 Å². The molecule has 5 nitrogen and oxygen atoms in total. The van der Waals surface area contributed by atoms with E-state index in [1.165, 1.54) is 4.31 Å². The Morgan fingerprint density at radius 2 is 1.95 bits per heavy atom. The molecule has 1 aliphatic rings. The summed E-state index contributed by atoms with van der Waals surface area (Å²) in [7, 11) is -1.82. The molecule has 20 heavy (non-hydrogen) atoms. The summed E-state index contributed by atoms with van der Waals surface area (Å²) >= 11 is 0. The van der Waals surface area contributed by atoms with Crippen molar-refractivity contribution in [1.82, 2.24) is 4.31 Å². The zero-order chi connectivity index (χ0) is 14.6. The van der Waals surface area contributed by atoms with Gasteiger partial charge in [-0.05, 0) is 31.9 Å². The molecule has 1 aliphatic heterocycles. The van der Waals surface area contributed by atoms with Crippen molar-refractivity contribution in [3.63, 3.8) is 0 Å². The fourth-order valence-corrected chi connectivity index (χ4v) is 4.01. The lowest BCUT2D eigenvalue weighted by atomic mass is 10.1. The number of ether oxygens (including phenoxy) is 1. The largest absolute Gasteiger partial charge is 0.384 e. The van der Waals surface area contributed by atoms with Crippen LogP contribution in [0.25, 0.3) is 0 Å². The molecule has 1 heterocycles. The smallest absolute Gasteiger partial charge is 0.245 e. The maximum Gasteiger partial charge on any atom is 0.245 e. The monoisotopic (exact) mass is 298 g/mol. The summed E-state index contributed by atoms with van der Waals surface area (Å²) in [6.45, 7) is 3.89. The van der Waals surface area contributed by atoms with E-state index >= 15 is 0 Å². The van der Waals surface area contributed by atoms with Gasteiger partial charge in [-0.15, -0.1) is 0 Å². The van der Waals surface area contributed by atoms with E-state index < -0.39 is 10.0 Å². The summed E-state index contributed by atoms with van der Waals surface area (Å²) in [6.07, 6.45) is 1.50. The predicted octanol–water partition coefficient (Wildman–Crippen LogP) is 1.92. The number of nitrogens with zero attached hydrogens (tertiary/aromatic N) is 1. The molecular formula is C14H22N2O3S. The highest BCUT2D eigenvalue weighted by molar-refractivity contribution is 7.89. The van der Waals surface area contributed by atoms with Gasteiger partial charge in [0, 0.05) is 32.8 Å². The molecule has 0 radical (unpaired) electrons. The van der Waals surface area contributed by atoms with E-state index in [9.17, 15) is 8.42 Å². The fourth-order valence-electron chi connectivity index (χ4n) is 2.43. The first-order valence-corrected chi connectivity index (χ1v) is 8.40. The van der Waals surface area contributed by atoms with E-state index in [0.29, 0.717) is 30.3 Å². The van der Waals surface area contributed by atoms with Crippen molar-refractivity contribution in [2.24, 2.45) is 0 Å². The average Bonchev–Trinajstić information content (AvgIpc) is 2.48. The van der Waals surface area contributed by atoms with Crippen LogP contribution in [0.4, 0.5) is 5.69 Å². The van der Waals surface area contributed by atoms with Crippen molar-refractivity contribution in [2.45, 2.75) is 30.7 Å². The Morgan fingerprint density at radius 3 is 2.60 bits per heavy atom. The number of anilines is 1. The van der Waals surface area contributed by atoms with Crippen LogP contribution >= 0.6 is 0 Å². The van der Waals surface area contributed by atoms with E-state index in [0.717, 1.165) is 12.8 Å². The lowest BCUT2D eigenvalue weighted by molar-refractivity contribution is 0.0632. The zero-order valence-electron chi connectivity index (χ0n) is 12.0. The van der Waals surface area contributed by atoms with Gasteiger partial charge in [-0.1, -0.05) is 12.1 Å². The highest BCUT2D eigenvalue weighted by atomic mass is 32.2. The third kappa shape index (κ3) is 3.13. The number of rotatable bonds is 5. The maximum atomic E-state index is 12.8. The highest BCUT2D eigenvalue weighted by Gasteiger charge is 2.30. The van der Waals surface area contributed by atoms with E-state index in [1.54, 1.807) is 25.2 Å². The van der Waals surface area contributed by atoms with Crippen molar-refractivity contribution >= 4 is 15.7 Å². The summed E-state index contributed by atoms with van der Waals surface area (Å²) in [5.74, 6) is 0. The normalized spacial score (nSPS) is 17.4. The van der Waals surface area contributed by atoms with Gasteiger partial charge in [0.15, 0.2) is 0 Å². The molecule has 1 fully saturated rings. The number of para-hydroxylation sites is 1. The number of sulfonamides is 1. The summed E-state index contributed by atoms with van der Waals surface area (Å²) < 4.78 is 32.3. The number of hydrogen-bond acceptors (Lipinski definition) is 4. The summed E-state index contributed by atoms with van der Waals surface area (Å²) in [5.41, 5.74) is 0.661. The van der Waals surface area contributed by atoms with Crippen LogP contribution < -0.4 is 5.32 Å². The van der Waals surface area contributed by atoms with Crippen molar-refractivity contribution in [3.8, 4) is 0 Å². The maximum absolute atomic E-state index is 12.8. The highest BCUT2D eigenvalue weighted by Crippen LogP contribution is 2.27. The minimum absolute atomic E-state index is 0.0171. The molecule has 1 aromatic carbocycles. The van der Waals surface area contributed by atoms with Crippen LogP contribution in [0.1, 0.15) is 19.8 Å². The molecule has 0 atom stereocenters. The molecule has 0 unspecified atom stereocenters. The Balaban J connectivity index is 2.29. The second-order valence-corrected chi connectivity index (χ2v) is 6.86. The predicted molar refractivity (Wildman–Crippen MR) is 79.4 cm³/mol. The molecular weight excluding hydrogens is 276 g/mol. The molecule has 0 saturated carbocycles. The number of hydrogen-bond donors (Lipinski definition) is 1. The van der Waals surface area contributed by atoms with Gasteiger partial charge in [0.1, 0.15) is 4.90 Å². The van der Waals surface area contributed by atoms with Crippen LogP contribution in [0, 0.1) is 0 Å². The van der Waals surface area contributed by atoms with Crippen LogP contribution in [0.15, 0.2) is 29.2 Å². The Kier molecular flexibility index (Phi) is 5.01. The third-order valence-electron chi connectivity index (χ3n) is 3.62. The van der Waals surface area contributed by atoms with Crippen LogP contribution in [0.3, 0.4) is 0 Å². The lowest BCUT2D eigenvalue weighted by Gasteiger charge is -2.30. The van der Waals surface area contributed by atoms with Crippen molar-refractivity contribution in [1.29, 1.82) is 0 Å². The quantitative estimate of drug-likeness (QED) is 0.902. The van der Waals surface area contributed by atoms with Gasteiger partial charge in [0.2, 0.25) is 10.0 Å². The molecule has 0 aliphatic carbocycles. The fraction of sp³-hybridized carbons (Fsp3) is 0.571. The average molecular weight is 298 g/mol. The van der Waals surface area contributed by atoms with E-state index in [-0.39, 0.29) is 6.04 Å². The van der Waals surface area contributed by atoms with Gasteiger partial charge in [-0.25, -0.2) is 8.42 Å². The van der Waals surface area contributed by atoms with Gasteiger partial charge in [0.25, 0.3) is 0 Å². The van der Waals surface area contributed by atoms with Crippen LogP contribution in [0.2, 0.25) is 0 Å². The van der Waals surface area contributed by atoms with Gasteiger partial charge >= 0.3 is 0 Å². The SMILES string of the molecule is CCNc1ccccc1S(=O)(=O)N(C)C1CCOCC1. The van der Waals surface area contributed by atoms with E-state index in [4.69, 9.17) is 4.74 Å². The lowest BCUT2D eigenvalue weighted by Crippen LogP contribution is -2.40. The Bertz CT molecular complexity index is 539. The van der Waals surface area contributed by atoms with Crippen molar-refractivity contribution in [2.75, 3.05) is 32.1 Å². The molecule has 6 heteroatoms. The van der Waals surface area contributed by atoms with Gasteiger partial charge in [0.05, 0.1) is 5.69 Å². The first-order valence-electron chi connectivity index (χ1n) is 6.96. The third-order valence-corrected chi connectivity index (χ3v) is 5.58. The van der Waals surface area contributed by atoms with E-state index in [2.05, 4.69) is 5.32 Å². The second kappa shape index (κ2) is 6.56. The Morgan fingerprint density at radius 1 is 1.30 bits per heavy atom. The van der Waals surface area contributed by atoms with Crippen LogP contribution in [-0.2, 0) is 14.8 Å². The molecule has 0 aromatic heterocycles. The molecule has 112 valence electrons. The van der Waals surface area contributed by atoms with E-state index in [1.807, 2.05) is 13.0 Å². The first-order chi connectivity index (χ1) is 9.57. The first kappa shape index (κ1) is 15.3. The molecule has 2 rings (SSSR count). The zero-order valence-corrected chi connectivity index (χ0v) is 12.8. The van der Waals surface area contributed by atoms with Gasteiger partial charge in [-0.3, -0.25) is 0 Å². The summed E-state index contributed by atoms with van der Waals surface area (Å²) in [4.78, 5) is 0.343. The summed E-state index contributed by atoms with van der Waals surface area (Å²) in [6, 6.07) is 7.07. The van der Waals surface area contributed by atoms with Crippen LogP contribution in [0.5, 0.6) is 0 Å².